The Morgan fingerprint density at radius 2 is 2.37 bits per heavy atom. The van der Waals surface area contributed by atoms with Crippen LogP contribution in [-0.4, -0.2) is 30.2 Å². The van der Waals surface area contributed by atoms with E-state index in [-0.39, 0.29) is 19.0 Å². The fourth-order valence-electron chi connectivity index (χ4n) is 2.06. The van der Waals surface area contributed by atoms with E-state index < -0.39 is 26.6 Å². The molecule has 2 atom stereocenters. The van der Waals surface area contributed by atoms with Gasteiger partial charge in [0, 0.05) is 27.7 Å². The Labute approximate surface area is 125 Å². The van der Waals surface area contributed by atoms with Gasteiger partial charge in [0.05, 0.1) is 9.30 Å². The summed E-state index contributed by atoms with van der Waals surface area (Å²) in [6, 6.07) is 9.10. The number of hydrogen-bond donors (Lipinski definition) is 1. The van der Waals surface area contributed by atoms with E-state index in [9.17, 15) is 4.57 Å². The SMILES string of the molecule is [2H]C([2H])(Cl)CN[P@@]1(=O)OC([2H])([2H])CCN1[C@@H](C)c1ccccc1. The largest absolute Gasteiger partial charge is 0.343 e. The maximum absolute atomic E-state index is 13.2. The maximum atomic E-state index is 13.2. The highest BCUT2D eigenvalue weighted by Gasteiger charge is 2.37. The summed E-state index contributed by atoms with van der Waals surface area (Å²) in [5.74, 6) is -2.10. The smallest absolute Gasteiger partial charge is 0.306 e. The number of nitrogens with one attached hydrogen (secondary N) is 1. The van der Waals surface area contributed by atoms with E-state index in [1.54, 1.807) is 4.67 Å². The van der Waals surface area contributed by atoms with Crippen molar-refractivity contribution in [1.82, 2.24) is 9.76 Å². The van der Waals surface area contributed by atoms with Crippen molar-refractivity contribution >= 4 is 19.3 Å². The highest BCUT2D eigenvalue weighted by Crippen LogP contribution is 2.53. The van der Waals surface area contributed by atoms with Gasteiger partial charge in [0.25, 0.3) is 0 Å². The zero-order chi connectivity index (χ0) is 17.3. The molecule has 0 spiro atoms. The molecule has 0 unspecified atom stereocenters. The Morgan fingerprint density at radius 3 is 3.05 bits per heavy atom. The highest BCUT2D eigenvalue weighted by atomic mass is 35.5. The molecule has 6 heteroatoms. The molecule has 1 aromatic rings. The standard InChI is InChI=1S/C13H20ClN2O2P/c1-12(13-6-3-2-4-7-13)16-10-5-11-18-19(16,17)15-9-8-14/h2-4,6-7,12H,5,8-11H2,1H3,(H,15,17)/t12-,19+/m0/s1/i8D2,11D2. The normalized spacial score (nSPS) is 32.7. The van der Waals surface area contributed by atoms with Gasteiger partial charge < -0.3 is 4.52 Å². The molecular weight excluding hydrogens is 283 g/mol. The Morgan fingerprint density at radius 1 is 1.63 bits per heavy atom. The minimum Gasteiger partial charge on any atom is -0.306 e. The van der Waals surface area contributed by atoms with Crippen molar-refractivity contribution in [2.75, 3.05) is 25.5 Å². The van der Waals surface area contributed by atoms with Crippen molar-refractivity contribution in [3.05, 3.63) is 35.9 Å². The number of nitrogens with zero attached hydrogens (tertiary/aromatic N) is 1. The van der Waals surface area contributed by atoms with Crippen molar-refractivity contribution in [3.8, 4) is 0 Å². The third-order valence-corrected chi connectivity index (χ3v) is 5.33. The summed E-state index contributed by atoms with van der Waals surface area (Å²) >= 11 is 5.51. The summed E-state index contributed by atoms with van der Waals surface area (Å²) < 4.78 is 50.1. The van der Waals surface area contributed by atoms with Crippen molar-refractivity contribution in [2.24, 2.45) is 0 Å². The number of benzene rings is 1. The summed E-state index contributed by atoms with van der Waals surface area (Å²) in [7, 11) is -3.78. The average Bonchev–Trinajstić information content (AvgIpc) is 2.44. The van der Waals surface area contributed by atoms with E-state index in [1.165, 1.54) is 0 Å². The first-order valence-electron chi connectivity index (χ1n) is 8.09. The van der Waals surface area contributed by atoms with Crippen molar-refractivity contribution in [2.45, 2.75) is 19.4 Å². The summed E-state index contributed by atoms with van der Waals surface area (Å²) in [5, 5.41) is 2.51. The van der Waals surface area contributed by atoms with E-state index in [1.807, 2.05) is 37.3 Å². The van der Waals surface area contributed by atoms with Crippen LogP contribution >= 0.6 is 19.3 Å². The van der Waals surface area contributed by atoms with Gasteiger partial charge in [-0.05, 0) is 18.9 Å². The van der Waals surface area contributed by atoms with Crippen LogP contribution in [0.1, 0.15) is 30.4 Å². The molecule has 0 amide bonds. The van der Waals surface area contributed by atoms with Crippen LogP contribution in [0.5, 0.6) is 0 Å². The second kappa shape index (κ2) is 6.87. The third kappa shape index (κ3) is 3.59. The van der Waals surface area contributed by atoms with Crippen molar-refractivity contribution in [3.63, 3.8) is 0 Å². The predicted molar refractivity (Wildman–Crippen MR) is 78.5 cm³/mol. The molecule has 0 bridgehead atoms. The molecule has 1 N–H and O–H groups in total. The molecule has 1 heterocycles. The van der Waals surface area contributed by atoms with Gasteiger partial charge in [0.1, 0.15) is 0 Å². The number of rotatable bonds is 5. The van der Waals surface area contributed by atoms with Crippen molar-refractivity contribution in [1.29, 1.82) is 0 Å². The van der Waals surface area contributed by atoms with Crippen LogP contribution < -0.4 is 5.09 Å². The Kier molecular flexibility index (Phi) is 3.75. The highest BCUT2D eigenvalue weighted by molar-refractivity contribution is 7.54. The quantitative estimate of drug-likeness (QED) is 0.668. The Balaban J connectivity index is 2.26. The molecule has 0 saturated carbocycles. The third-order valence-electron chi connectivity index (χ3n) is 3.04. The Hall–Kier alpha value is -0.380. The van der Waals surface area contributed by atoms with Gasteiger partial charge in [-0.1, -0.05) is 30.3 Å². The molecule has 0 radical (unpaired) electrons. The van der Waals surface area contributed by atoms with Gasteiger partial charge in [-0.3, -0.25) is 4.57 Å². The maximum Gasteiger partial charge on any atom is 0.343 e. The van der Waals surface area contributed by atoms with E-state index in [4.69, 9.17) is 21.6 Å². The van der Waals surface area contributed by atoms with Crippen LogP contribution in [0.4, 0.5) is 0 Å². The average molecular weight is 307 g/mol. The van der Waals surface area contributed by atoms with Crippen LogP contribution in [0.2, 0.25) is 0 Å². The van der Waals surface area contributed by atoms with E-state index in [2.05, 4.69) is 5.09 Å². The molecule has 0 aliphatic carbocycles. The van der Waals surface area contributed by atoms with Gasteiger partial charge in [-0.2, -0.15) is 0 Å². The summed E-state index contributed by atoms with van der Waals surface area (Å²) in [6.07, 6.45) is 0.0730. The van der Waals surface area contributed by atoms with Crippen LogP contribution in [-0.2, 0) is 9.09 Å². The molecule has 0 aromatic heterocycles. The van der Waals surface area contributed by atoms with E-state index in [0.717, 1.165) is 5.56 Å². The zero-order valence-electron chi connectivity index (χ0n) is 14.7. The zero-order valence-corrected chi connectivity index (χ0v) is 12.3. The Bertz CT molecular complexity index is 585. The molecule has 2 rings (SSSR count). The minimum atomic E-state index is -3.78. The fraction of sp³-hybridized carbons (Fsp3) is 0.538. The second-order valence-electron chi connectivity index (χ2n) is 4.22. The second-order valence-corrected chi connectivity index (χ2v) is 6.54. The molecule has 1 aliphatic rings. The lowest BCUT2D eigenvalue weighted by molar-refractivity contribution is 0.176. The molecule has 1 aliphatic heterocycles. The lowest BCUT2D eigenvalue weighted by atomic mass is 10.1. The predicted octanol–water partition coefficient (Wildman–Crippen LogP) is 3.41. The van der Waals surface area contributed by atoms with Crippen molar-refractivity contribution < 1.29 is 14.6 Å². The van der Waals surface area contributed by atoms with Crippen LogP contribution in [0, 0.1) is 0 Å². The lowest BCUT2D eigenvalue weighted by Crippen LogP contribution is -2.37. The monoisotopic (exact) mass is 306 g/mol. The molecule has 106 valence electrons. The van der Waals surface area contributed by atoms with Crippen LogP contribution in [0.25, 0.3) is 0 Å². The van der Waals surface area contributed by atoms with Crippen LogP contribution in [0.15, 0.2) is 30.3 Å². The molecule has 19 heavy (non-hydrogen) atoms. The van der Waals surface area contributed by atoms with E-state index in [0.29, 0.717) is 0 Å². The minimum absolute atomic E-state index is 0.0730. The topological polar surface area (TPSA) is 41.6 Å². The van der Waals surface area contributed by atoms with E-state index >= 15 is 0 Å². The molecule has 4 nitrogen and oxygen atoms in total. The molecule has 1 saturated heterocycles. The van der Waals surface area contributed by atoms with Crippen LogP contribution in [0.3, 0.4) is 0 Å². The van der Waals surface area contributed by atoms with Gasteiger partial charge in [0.15, 0.2) is 0 Å². The fourth-order valence-corrected chi connectivity index (χ4v) is 4.06. The summed E-state index contributed by atoms with van der Waals surface area (Å²) in [4.78, 5) is 0. The summed E-state index contributed by atoms with van der Waals surface area (Å²) in [5.41, 5.74) is 0.912. The lowest BCUT2D eigenvalue weighted by Gasteiger charge is -2.38. The number of hydrogen-bond acceptors (Lipinski definition) is 2. The first kappa shape index (κ1) is 10.4. The van der Waals surface area contributed by atoms with Gasteiger partial charge >= 0.3 is 7.67 Å². The first-order valence-corrected chi connectivity index (χ1v) is 8.05. The first-order chi connectivity index (χ1) is 10.5. The molecule has 1 fully saturated rings. The summed E-state index contributed by atoms with van der Waals surface area (Å²) in [6.45, 7) is -0.379. The molecular formula is C13H20ClN2O2P. The number of halogens is 1. The van der Waals surface area contributed by atoms with Gasteiger partial charge in [-0.15, -0.1) is 11.6 Å². The van der Waals surface area contributed by atoms with Gasteiger partial charge in [0.2, 0.25) is 0 Å². The number of alkyl halides is 1. The molecule has 1 aromatic carbocycles. The van der Waals surface area contributed by atoms with Gasteiger partial charge in [-0.25, -0.2) is 9.76 Å².